The minimum absolute atomic E-state index is 0.0448. The van der Waals surface area contributed by atoms with Crippen molar-refractivity contribution < 1.29 is 0 Å². The second-order valence-electron chi connectivity index (χ2n) is 6.91. The molecule has 31 heavy (non-hydrogen) atoms. The van der Waals surface area contributed by atoms with Gasteiger partial charge >= 0.3 is 0 Å². The molecule has 3 N–H and O–H groups in total. The number of hydrogen-bond acceptors (Lipinski definition) is 6. The van der Waals surface area contributed by atoms with E-state index in [1.807, 2.05) is 60.7 Å². The van der Waals surface area contributed by atoms with Crippen LogP contribution in [0.4, 0.5) is 11.6 Å². The lowest BCUT2D eigenvalue weighted by Crippen LogP contribution is -2.08. The van der Waals surface area contributed by atoms with E-state index in [0.29, 0.717) is 29.4 Å². The molecule has 8 nitrogen and oxygen atoms in total. The summed E-state index contributed by atoms with van der Waals surface area (Å²) < 4.78 is 3.29. The van der Waals surface area contributed by atoms with Gasteiger partial charge in [-0.2, -0.15) is 20.7 Å². The molecule has 0 aliphatic heterocycles. The Kier molecular flexibility index (Phi) is 5.37. The Balaban J connectivity index is 1.76. The van der Waals surface area contributed by atoms with Gasteiger partial charge in [-0.3, -0.25) is 4.68 Å². The zero-order valence-electron chi connectivity index (χ0n) is 16.9. The lowest BCUT2D eigenvalue weighted by atomic mass is 10.1. The molecule has 2 heterocycles. The average Bonchev–Trinajstić information content (AvgIpc) is 3.30. The number of nitrogens with zero attached hydrogens (tertiary/aromatic N) is 6. The summed E-state index contributed by atoms with van der Waals surface area (Å²) >= 11 is 0. The van der Waals surface area contributed by atoms with E-state index in [1.165, 1.54) is 0 Å². The van der Waals surface area contributed by atoms with Crippen LogP contribution in [0.3, 0.4) is 0 Å². The minimum atomic E-state index is 0.0448. The van der Waals surface area contributed by atoms with Crippen molar-refractivity contribution in [2.24, 2.45) is 7.05 Å². The van der Waals surface area contributed by atoms with E-state index < -0.39 is 0 Å². The minimum Gasteiger partial charge on any atom is -0.383 e. The van der Waals surface area contributed by atoms with Crippen LogP contribution in [-0.2, 0) is 20.0 Å². The molecule has 0 aliphatic rings. The third-order valence-corrected chi connectivity index (χ3v) is 4.97. The molecule has 0 atom stereocenters. The van der Waals surface area contributed by atoms with Gasteiger partial charge in [0.1, 0.15) is 23.3 Å². The summed E-state index contributed by atoms with van der Waals surface area (Å²) in [4.78, 5) is 0. The van der Waals surface area contributed by atoms with E-state index in [2.05, 4.69) is 27.7 Å². The van der Waals surface area contributed by atoms with Gasteiger partial charge in [0.2, 0.25) is 0 Å². The maximum Gasteiger partial charge on any atom is 0.148 e. The number of anilines is 2. The predicted octanol–water partition coefficient (Wildman–Crippen LogP) is 3.40. The zero-order valence-corrected chi connectivity index (χ0v) is 16.9. The van der Waals surface area contributed by atoms with Gasteiger partial charge < -0.3 is 11.1 Å². The van der Waals surface area contributed by atoms with Crippen LogP contribution in [0.5, 0.6) is 0 Å². The fraction of sp³-hybridized carbons (Fsp3) is 0.130. The number of benzene rings is 2. The summed E-state index contributed by atoms with van der Waals surface area (Å²) in [5.74, 6) is 1.08. The highest BCUT2D eigenvalue weighted by atomic mass is 15.3. The van der Waals surface area contributed by atoms with Gasteiger partial charge in [-0.05, 0) is 17.7 Å². The lowest BCUT2D eigenvalue weighted by molar-refractivity contribution is 0.754. The summed E-state index contributed by atoms with van der Waals surface area (Å²) in [7, 11) is 1.80. The maximum atomic E-state index is 9.77. The summed E-state index contributed by atoms with van der Waals surface area (Å²) in [6.07, 6.45) is 0.0448. The second-order valence-corrected chi connectivity index (χ2v) is 6.91. The Labute approximate surface area is 179 Å². The number of aromatic nitrogens is 4. The van der Waals surface area contributed by atoms with Crippen LogP contribution in [0.15, 0.2) is 60.7 Å². The monoisotopic (exact) mass is 408 g/mol. The summed E-state index contributed by atoms with van der Waals surface area (Å²) in [5.41, 5.74) is 10.4. The number of nitriles is 2. The van der Waals surface area contributed by atoms with Crippen LogP contribution in [0, 0.1) is 22.7 Å². The van der Waals surface area contributed by atoms with Gasteiger partial charge in [0.05, 0.1) is 36.1 Å². The molecule has 2 aromatic carbocycles. The Morgan fingerprint density at radius 1 is 0.968 bits per heavy atom. The number of hydrogen-bond donors (Lipinski definition) is 2. The predicted molar refractivity (Wildman–Crippen MR) is 118 cm³/mol. The molecule has 0 saturated carbocycles. The van der Waals surface area contributed by atoms with Crippen molar-refractivity contribution in [3.63, 3.8) is 0 Å². The number of rotatable bonds is 6. The topological polar surface area (TPSA) is 121 Å². The molecule has 0 radical (unpaired) electrons. The largest absolute Gasteiger partial charge is 0.383 e. The van der Waals surface area contributed by atoms with Gasteiger partial charge in [0.25, 0.3) is 0 Å². The van der Waals surface area contributed by atoms with Crippen molar-refractivity contribution >= 4 is 11.6 Å². The van der Waals surface area contributed by atoms with E-state index in [0.717, 1.165) is 22.5 Å². The number of nitrogens with one attached hydrogen (secondary N) is 1. The molecule has 0 aliphatic carbocycles. The summed E-state index contributed by atoms with van der Waals surface area (Å²) in [6.45, 7) is 0.328. The first-order chi connectivity index (χ1) is 15.1. The molecular weight excluding hydrogens is 388 g/mol. The molecule has 0 bridgehead atoms. The van der Waals surface area contributed by atoms with E-state index in [4.69, 9.17) is 11.0 Å². The Bertz CT molecular complexity index is 1290. The molecule has 2 aromatic heterocycles. The third-order valence-electron chi connectivity index (χ3n) is 4.97. The number of para-hydroxylation sites is 1. The second kappa shape index (κ2) is 8.44. The van der Waals surface area contributed by atoms with Crippen LogP contribution in [-0.4, -0.2) is 19.6 Å². The first-order valence-electron chi connectivity index (χ1n) is 9.69. The molecule has 0 amide bonds. The van der Waals surface area contributed by atoms with Crippen molar-refractivity contribution in [2.45, 2.75) is 13.0 Å². The van der Waals surface area contributed by atoms with E-state index >= 15 is 0 Å². The Hall–Kier alpha value is -4.56. The molecule has 4 aromatic rings. The smallest absolute Gasteiger partial charge is 0.148 e. The fourth-order valence-electron chi connectivity index (χ4n) is 3.50. The highest BCUT2D eigenvalue weighted by Crippen LogP contribution is 2.31. The SMILES string of the molecule is Cn1nc(CNc2c(C#N)c(CC#N)nn2-c2ccccc2)c(-c2ccccc2)c1N. The Morgan fingerprint density at radius 3 is 2.29 bits per heavy atom. The first kappa shape index (κ1) is 19.7. The van der Waals surface area contributed by atoms with Gasteiger partial charge in [-0.25, -0.2) is 4.68 Å². The van der Waals surface area contributed by atoms with Crippen molar-refractivity contribution in [1.29, 1.82) is 10.5 Å². The van der Waals surface area contributed by atoms with Crippen LogP contribution in [0.25, 0.3) is 16.8 Å². The van der Waals surface area contributed by atoms with E-state index in [1.54, 1.807) is 16.4 Å². The molecular formula is C23H20N8. The van der Waals surface area contributed by atoms with Crippen molar-refractivity contribution in [3.8, 4) is 29.0 Å². The average molecular weight is 408 g/mol. The lowest BCUT2D eigenvalue weighted by Gasteiger charge is -2.10. The van der Waals surface area contributed by atoms with Crippen LogP contribution in [0.2, 0.25) is 0 Å². The van der Waals surface area contributed by atoms with Gasteiger partial charge in [0.15, 0.2) is 0 Å². The van der Waals surface area contributed by atoms with Crippen LogP contribution < -0.4 is 11.1 Å². The third kappa shape index (κ3) is 3.70. The summed E-state index contributed by atoms with van der Waals surface area (Å²) in [5, 5.41) is 31.3. The van der Waals surface area contributed by atoms with E-state index in [-0.39, 0.29) is 6.42 Å². The maximum absolute atomic E-state index is 9.77. The molecule has 0 fully saturated rings. The van der Waals surface area contributed by atoms with Crippen molar-refractivity contribution in [3.05, 3.63) is 77.6 Å². The van der Waals surface area contributed by atoms with Crippen molar-refractivity contribution in [1.82, 2.24) is 19.6 Å². The number of nitrogen functional groups attached to an aromatic ring is 1. The van der Waals surface area contributed by atoms with Crippen LogP contribution in [0.1, 0.15) is 17.0 Å². The molecule has 8 heteroatoms. The van der Waals surface area contributed by atoms with Crippen LogP contribution >= 0.6 is 0 Å². The van der Waals surface area contributed by atoms with Crippen molar-refractivity contribution in [2.75, 3.05) is 11.1 Å². The van der Waals surface area contributed by atoms with Gasteiger partial charge in [0, 0.05) is 12.6 Å². The molecule has 0 spiro atoms. The Morgan fingerprint density at radius 2 is 1.65 bits per heavy atom. The number of nitrogens with two attached hydrogens (primary N) is 1. The normalized spacial score (nSPS) is 10.4. The first-order valence-corrected chi connectivity index (χ1v) is 9.69. The zero-order chi connectivity index (χ0) is 21.8. The standard InChI is InChI=1S/C23H20N8/c1-30-22(26)21(16-8-4-2-5-9-16)20(28-30)15-27-23-18(14-25)19(12-13-24)29-31(23)17-10-6-3-7-11-17/h2-11,27H,12,15,26H2,1H3. The quantitative estimate of drug-likeness (QED) is 0.504. The van der Waals surface area contributed by atoms with E-state index in [9.17, 15) is 5.26 Å². The van der Waals surface area contributed by atoms with Gasteiger partial charge in [-0.1, -0.05) is 48.5 Å². The molecule has 0 unspecified atom stereocenters. The molecule has 152 valence electrons. The molecule has 0 saturated heterocycles. The van der Waals surface area contributed by atoms with Gasteiger partial charge in [-0.15, -0.1) is 0 Å². The fourth-order valence-corrected chi connectivity index (χ4v) is 3.50. The highest BCUT2D eigenvalue weighted by Gasteiger charge is 2.21. The number of aryl methyl sites for hydroxylation is 1. The molecule has 4 rings (SSSR count). The highest BCUT2D eigenvalue weighted by molar-refractivity contribution is 5.77. The summed E-state index contributed by atoms with van der Waals surface area (Å²) in [6, 6.07) is 23.6.